The molecule has 43 heavy (non-hydrogen) atoms. The van der Waals surface area contributed by atoms with E-state index in [0.29, 0.717) is 38.3 Å². The number of nitrogens with zero attached hydrogens (tertiary/aromatic N) is 7. The topological polar surface area (TPSA) is 98.1 Å². The van der Waals surface area contributed by atoms with Gasteiger partial charge in [-0.05, 0) is 71.3 Å². The lowest BCUT2D eigenvalue weighted by molar-refractivity contribution is -0.128. The number of anilines is 2. The van der Waals surface area contributed by atoms with E-state index < -0.39 is 0 Å². The number of rotatable bonds is 7. The Morgan fingerprint density at radius 1 is 1.21 bits per heavy atom. The fourth-order valence-corrected chi connectivity index (χ4v) is 7.18. The molecule has 4 heterocycles. The van der Waals surface area contributed by atoms with Crippen molar-refractivity contribution in [3.63, 3.8) is 0 Å². The molecule has 228 valence electrons. The van der Waals surface area contributed by atoms with E-state index in [1.165, 1.54) is 12.5 Å². The second-order valence-corrected chi connectivity index (χ2v) is 12.9. The first-order chi connectivity index (χ1) is 20.8. The van der Waals surface area contributed by atoms with Crippen molar-refractivity contribution >= 4 is 17.4 Å². The normalized spacial score (nSPS) is 24.9. The predicted octanol–water partition coefficient (Wildman–Crippen LogP) is 3.60. The molecule has 0 N–H and O–H groups in total. The third kappa shape index (κ3) is 6.00. The molecule has 10 nitrogen and oxygen atoms in total. The highest BCUT2D eigenvalue weighted by Gasteiger charge is 2.39. The molecule has 6 rings (SSSR count). The van der Waals surface area contributed by atoms with Gasteiger partial charge in [0.15, 0.2) is 0 Å². The summed E-state index contributed by atoms with van der Waals surface area (Å²) < 4.78 is 12.6. The maximum atomic E-state index is 12.6. The minimum atomic E-state index is -0.300. The molecule has 2 fully saturated rings. The van der Waals surface area contributed by atoms with Gasteiger partial charge in [0, 0.05) is 43.7 Å². The summed E-state index contributed by atoms with van der Waals surface area (Å²) in [6.45, 7) is 12.1. The Kier molecular flexibility index (Phi) is 8.19. The zero-order valence-electron chi connectivity index (χ0n) is 25.7. The fraction of sp³-hybridized carbons (Fsp3) is 0.576. The first-order valence-electron chi connectivity index (χ1n) is 15.6. The number of benzene rings is 1. The number of piperazine rings is 1. The molecule has 10 heteroatoms. The van der Waals surface area contributed by atoms with Gasteiger partial charge >= 0.3 is 6.01 Å². The second kappa shape index (κ2) is 12.0. The maximum Gasteiger partial charge on any atom is 0.318 e. The molecular weight excluding hydrogens is 542 g/mol. The van der Waals surface area contributed by atoms with Crippen LogP contribution in [0.1, 0.15) is 50.8 Å². The SMILES string of the molecule is C=CC(=O)N1CCN(c2nc(OCC3CCCN3C)nc3c2CCC(N2CC(C)(C)Oc4ccccc42)C3)C[C@@H]1CC#N. The summed E-state index contributed by atoms with van der Waals surface area (Å²) in [6.07, 6.45) is 6.48. The molecule has 0 bridgehead atoms. The molecule has 2 unspecified atom stereocenters. The standard InChI is InChI=1S/C33H43N7O3/c1-5-30(41)39-18-17-38(20-24(39)14-15-34)31-26-13-12-23(40-22-33(2,3)43-29-11-7-6-10-28(29)40)19-27(26)35-32(36-31)42-21-25-9-8-16-37(25)4/h5-7,10-11,23-25H,1,8-9,12-14,16-22H2,2-4H3/t23?,24-,25?/m0/s1. The molecule has 3 atom stereocenters. The molecule has 1 amide bonds. The van der Waals surface area contributed by atoms with Crippen LogP contribution in [0, 0.1) is 11.3 Å². The number of hydrogen-bond acceptors (Lipinski definition) is 9. The second-order valence-electron chi connectivity index (χ2n) is 12.9. The molecule has 0 saturated carbocycles. The number of amides is 1. The summed E-state index contributed by atoms with van der Waals surface area (Å²) in [5.41, 5.74) is 3.01. The van der Waals surface area contributed by atoms with Gasteiger partial charge in [0.1, 0.15) is 23.8 Å². The molecule has 1 aliphatic carbocycles. The smallest absolute Gasteiger partial charge is 0.318 e. The average Bonchev–Trinajstić information content (AvgIpc) is 3.42. The van der Waals surface area contributed by atoms with E-state index in [1.54, 1.807) is 4.90 Å². The van der Waals surface area contributed by atoms with E-state index >= 15 is 0 Å². The third-order valence-electron chi connectivity index (χ3n) is 9.40. The summed E-state index contributed by atoms with van der Waals surface area (Å²) in [5, 5.41) is 9.54. The van der Waals surface area contributed by atoms with Crippen molar-refractivity contribution in [1.82, 2.24) is 19.8 Å². The van der Waals surface area contributed by atoms with Crippen molar-refractivity contribution in [3.8, 4) is 17.8 Å². The van der Waals surface area contributed by atoms with E-state index in [0.717, 1.165) is 67.3 Å². The number of para-hydroxylation sites is 2. The number of likely N-dealkylation sites (N-methyl/N-ethyl adjacent to an activating group) is 1. The Hall–Kier alpha value is -3.84. The van der Waals surface area contributed by atoms with Gasteiger partial charge in [-0.2, -0.15) is 15.2 Å². The van der Waals surface area contributed by atoms with Crippen LogP contribution in [0.4, 0.5) is 11.5 Å². The van der Waals surface area contributed by atoms with Crippen LogP contribution in [-0.2, 0) is 17.6 Å². The molecular formula is C33H43N7O3. The van der Waals surface area contributed by atoms with Crippen molar-refractivity contribution < 1.29 is 14.3 Å². The predicted molar refractivity (Wildman–Crippen MR) is 166 cm³/mol. The lowest BCUT2D eigenvalue weighted by Crippen LogP contribution is -2.55. The van der Waals surface area contributed by atoms with E-state index in [9.17, 15) is 10.1 Å². The molecule has 0 spiro atoms. The molecule has 1 aromatic carbocycles. The molecule has 2 aromatic rings. The van der Waals surface area contributed by atoms with Crippen LogP contribution in [0.5, 0.6) is 11.8 Å². The average molecular weight is 586 g/mol. The maximum absolute atomic E-state index is 12.6. The Morgan fingerprint density at radius 2 is 2.05 bits per heavy atom. The Bertz CT molecular complexity index is 1410. The summed E-state index contributed by atoms with van der Waals surface area (Å²) >= 11 is 0. The van der Waals surface area contributed by atoms with Crippen LogP contribution >= 0.6 is 0 Å². The number of fused-ring (bicyclic) bond motifs is 2. The Balaban J connectivity index is 1.31. The van der Waals surface area contributed by atoms with Gasteiger partial charge in [0.05, 0.1) is 36.5 Å². The highest BCUT2D eigenvalue weighted by atomic mass is 16.5. The van der Waals surface area contributed by atoms with Crippen LogP contribution < -0.4 is 19.3 Å². The summed E-state index contributed by atoms with van der Waals surface area (Å²) in [6, 6.07) is 11.4. The number of likely N-dealkylation sites (tertiary alicyclic amines) is 1. The number of hydrogen-bond donors (Lipinski definition) is 0. The molecule has 1 aromatic heterocycles. The zero-order chi connectivity index (χ0) is 30.1. The highest BCUT2D eigenvalue weighted by molar-refractivity contribution is 5.87. The highest BCUT2D eigenvalue weighted by Crippen LogP contribution is 2.41. The van der Waals surface area contributed by atoms with Crippen LogP contribution in [-0.4, -0.2) is 95.8 Å². The van der Waals surface area contributed by atoms with Gasteiger partial charge in [0.25, 0.3) is 0 Å². The van der Waals surface area contributed by atoms with Gasteiger partial charge in [-0.15, -0.1) is 0 Å². The van der Waals surface area contributed by atoms with Crippen molar-refractivity contribution in [2.24, 2.45) is 0 Å². The van der Waals surface area contributed by atoms with Gasteiger partial charge in [0.2, 0.25) is 5.91 Å². The van der Waals surface area contributed by atoms with Crippen LogP contribution in [0.3, 0.4) is 0 Å². The summed E-state index contributed by atoms with van der Waals surface area (Å²) in [4.78, 5) is 31.4. The quantitative estimate of drug-likeness (QED) is 0.452. The van der Waals surface area contributed by atoms with Crippen LogP contribution in [0.25, 0.3) is 0 Å². The van der Waals surface area contributed by atoms with Gasteiger partial charge in [-0.25, -0.2) is 0 Å². The number of nitriles is 1. The number of ether oxygens (including phenoxy) is 2. The van der Waals surface area contributed by atoms with Crippen molar-refractivity contribution in [1.29, 1.82) is 5.26 Å². The van der Waals surface area contributed by atoms with Crippen LogP contribution in [0.15, 0.2) is 36.9 Å². The van der Waals surface area contributed by atoms with E-state index in [4.69, 9.17) is 19.4 Å². The first kappa shape index (κ1) is 29.2. The number of carbonyl (C=O) groups is 1. The lowest BCUT2D eigenvalue weighted by Gasteiger charge is -2.46. The summed E-state index contributed by atoms with van der Waals surface area (Å²) in [5.74, 6) is 1.67. The number of aromatic nitrogens is 2. The molecule has 3 aliphatic heterocycles. The summed E-state index contributed by atoms with van der Waals surface area (Å²) in [7, 11) is 2.14. The minimum Gasteiger partial charge on any atom is -0.484 e. The number of carbonyl (C=O) groups excluding carboxylic acids is 1. The molecule has 0 radical (unpaired) electrons. The van der Waals surface area contributed by atoms with Gasteiger partial charge in [-0.1, -0.05) is 18.7 Å². The fourth-order valence-electron chi connectivity index (χ4n) is 7.18. The van der Waals surface area contributed by atoms with Gasteiger partial charge in [-0.3, -0.25) is 4.79 Å². The largest absolute Gasteiger partial charge is 0.484 e. The van der Waals surface area contributed by atoms with Crippen molar-refractivity contribution in [3.05, 3.63) is 48.2 Å². The van der Waals surface area contributed by atoms with Crippen LogP contribution in [0.2, 0.25) is 0 Å². The molecule has 4 aliphatic rings. The van der Waals surface area contributed by atoms with Crippen molar-refractivity contribution in [2.75, 3.05) is 56.2 Å². The first-order valence-corrected chi connectivity index (χ1v) is 15.6. The monoisotopic (exact) mass is 585 g/mol. The van der Waals surface area contributed by atoms with Crippen molar-refractivity contribution in [2.45, 2.75) is 76.1 Å². The molecule has 2 saturated heterocycles. The lowest BCUT2D eigenvalue weighted by atomic mass is 9.89. The zero-order valence-corrected chi connectivity index (χ0v) is 25.7. The van der Waals surface area contributed by atoms with E-state index in [-0.39, 0.29) is 30.0 Å². The van der Waals surface area contributed by atoms with E-state index in [2.05, 4.69) is 66.4 Å². The van der Waals surface area contributed by atoms with Gasteiger partial charge < -0.3 is 29.1 Å². The third-order valence-corrected chi connectivity index (χ3v) is 9.40. The Labute approximate surface area is 254 Å². The van der Waals surface area contributed by atoms with E-state index in [1.807, 2.05) is 6.07 Å². The Morgan fingerprint density at radius 3 is 2.81 bits per heavy atom. The minimum absolute atomic E-state index is 0.133.